The van der Waals surface area contributed by atoms with Crippen molar-refractivity contribution in [2.45, 2.75) is 17.7 Å². The molecule has 0 aromatic heterocycles. The second-order valence-corrected chi connectivity index (χ2v) is 6.27. The molecule has 0 spiro atoms. The van der Waals surface area contributed by atoms with Crippen LogP contribution in [0.4, 0.5) is 4.39 Å². The fourth-order valence-corrected chi connectivity index (χ4v) is 3.43. The van der Waals surface area contributed by atoms with E-state index in [-0.39, 0.29) is 10.6 Å². The third-order valence-electron chi connectivity index (χ3n) is 3.97. The monoisotopic (exact) mass is 342 g/mol. The van der Waals surface area contributed by atoms with Crippen LogP contribution in [0.15, 0.2) is 66.7 Å². The third-order valence-corrected chi connectivity index (χ3v) is 5.25. The smallest absolute Gasteiger partial charge is 0.131 e. The van der Waals surface area contributed by atoms with Gasteiger partial charge in [-0.2, -0.15) is 0 Å². The number of fused-ring (bicyclic) bond motifs is 1. The predicted octanol–water partition coefficient (Wildman–Crippen LogP) is 6.22. The zero-order chi connectivity index (χ0) is 14.8. The number of alkyl halides is 1. The molecule has 2 atom stereocenters. The van der Waals surface area contributed by atoms with E-state index in [0.29, 0.717) is 11.3 Å². The molecule has 0 saturated carbocycles. The quantitative estimate of drug-likeness (QED) is 0.495. The van der Waals surface area contributed by atoms with Gasteiger partial charge in [-0.05, 0) is 28.5 Å². The van der Waals surface area contributed by atoms with Gasteiger partial charge in [-0.25, -0.2) is 4.39 Å². The summed E-state index contributed by atoms with van der Waals surface area (Å²) in [5.74, 6) is 0.140. The highest BCUT2D eigenvalue weighted by Crippen LogP contribution is 2.40. The van der Waals surface area contributed by atoms with E-state index in [1.54, 1.807) is 6.07 Å². The van der Waals surface area contributed by atoms with Gasteiger partial charge in [0.05, 0.1) is 0 Å². The summed E-state index contributed by atoms with van der Waals surface area (Å²) in [5, 5.41) is 1.65. The van der Waals surface area contributed by atoms with Crippen LogP contribution in [0.3, 0.4) is 0 Å². The van der Waals surface area contributed by atoms with E-state index >= 15 is 0 Å². The van der Waals surface area contributed by atoms with Crippen molar-refractivity contribution in [3.63, 3.8) is 0 Å². The average molecular weight is 343 g/mol. The largest absolute Gasteiger partial charge is 0.206 e. The summed E-state index contributed by atoms with van der Waals surface area (Å²) in [6.45, 7) is 2.19. The minimum absolute atomic E-state index is 0.144. The van der Waals surface area contributed by atoms with Gasteiger partial charge in [-0.3, -0.25) is 0 Å². The first-order valence-corrected chi connectivity index (χ1v) is 7.96. The van der Waals surface area contributed by atoms with Crippen molar-refractivity contribution in [3.8, 4) is 0 Å². The Hall–Kier alpha value is -1.67. The number of halogens is 2. The zero-order valence-corrected chi connectivity index (χ0v) is 13.3. The highest BCUT2D eigenvalue weighted by molar-refractivity contribution is 9.09. The molecular weight excluding hydrogens is 327 g/mol. The Kier molecular flexibility index (Phi) is 4.07. The van der Waals surface area contributed by atoms with Crippen molar-refractivity contribution in [2.75, 3.05) is 0 Å². The van der Waals surface area contributed by atoms with Crippen LogP contribution in [0.2, 0.25) is 0 Å². The molecule has 0 nitrogen and oxygen atoms in total. The molecule has 0 aliphatic rings. The molecule has 0 bridgehead atoms. The minimum atomic E-state index is -0.165. The molecule has 0 aliphatic carbocycles. The minimum Gasteiger partial charge on any atom is -0.206 e. The molecule has 0 saturated heterocycles. The summed E-state index contributed by atoms with van der Waals surface area (Å²) in [5.41, 5.74) is 2.40. The Morgan fingerprint density at radius 1 is 0.810 bits per heavy atom. The molecule has 3 aromatic carbocycles. The van der Waals surface area contributed by atoms with Crippen LogP contribution in [-0.2, 0) is 0 Å². The Balaban J connectivity index is 2.06. The molecule has 2 heteroatoms. The summed E-state index contributed by atoms with van der Waals surface area (Å²) in [7, 11) is 0. The average Bonchev–Trinajstić information content (AvgIpc) is 2.55. The molecule has 0 amide bonds. The van der Waals surface area contributed by atoms with Gasteiger partial charge in [0, 0.05) is 10.2 Å². The van der Waals surface area contributed by atoms with Crippen molar-refractivity contribution in [3.05, 3.63) is 83.7 Å². The van der Waals surface area contributed by atoms with Gasteiger partial charge in [0.2, 0.25) is 0 Å². The zero-order valence-electron chi connectivity index (χ0n) is 11.8. The fraction of sp³-hybridized carbons (Fsp3) is 0.158. The molecule has 21 heavy (non-hydrogen) atoms. The van der Waals surface area contributed by atoms with E-state index in [1.165, 1.54) is 5.56 Å². The first kappa shape index (κ1) is 14.3. The summed E-state index contributed by atoms with van der Waals surface area (Å²) < 4.78 is 13.9. The Labute approximate surface area is 132 Å². The van der Waals surface area contributed by atoms with Crippen LogP contribution in [0.5, 0.6) is 0 Å². The normalized spacial score (nSPS) is 14.0. The molecule has 0 fully saturated rings. The molecule has 0 N–H and O–H groups in total. The lowest BCUT2D eigenvalue weighted by Gasteiger charge is -2.21. The maximum Gasteiger partial charge on any atom is 0.131 e. The van der Waals surface area contributed by atoms with E-state index in [4.69, 9.17) is 0 Å². The molecule has 2 unspecified atom stereocenters. The maximum atomic E-state index is 13.9. The van der Waals surface area contributed by atoms with Crippen molar-refractivity contribution in [1.29, 1.82) is 0 Å². The molecule has 3 rings (SSSR count). The first-order chi connectivity index (χ1) is 10.2. The van der Waals surface area contributed by atoms with Crippen LogP contribution in [0.25, 0.3) is 10.8 Å². The van der Waals surface area contributed by atoms with Crippen LogP contribution in [-0.4, -0.2) is 0 Å². The SMILES string of the molecule is CC(c1ccccc1)C(Br)c1ccc(F)c2ccccc12. The third kappa shape index (κ3) is 2.73. The summed E-state index contributed by atoms with van der Waals surface area (Å²) in [6.07, 6.45) is 0. The number of benzene rings is 3. The van der Waals surface area contributed by atoms with Crippen LogP contribution >= 0.6 is 15.9 Å². The van der Waals surface area contributed by atoms with Gasteiger partial charge in [0.25, 0.3) is 0 Å². The van der Waals surface area contributed by atoms with E-state index < -0.39 is 0 Å². The number of hydrogen-bond donors (Lipinski definition) is 0. The van der Waals surface area contributed by atoms with Gasteiger partial charge in [-0.15, -0.1) is 0 Å². The standard InChI is InChI=1S/C19H16BrF/c1-13(14-7-3-2-4-8-14)19(20)17-11-12-18(21)16-10-6-5-9-15(16)17/h2-13,19H,1H3. The highest BCUT2D eigenvalue weighted by atomic mass is 79.9. The van der Waals surface area contributed by atoms with E-state index in [9.17, 15) is 4.39 Å². The van der Waals surface area contributed by atoms with Gasteiger partial charge >= 0.3 is 0 Å². The van der Waals surface area contributed by atoms with Gasteiger partial charge in [-0.1, -0.05) is 83.5 Å². The maximum absolute atomic E-state index is 13.9. The lowest BCUT2D eigenvalue weighted by molar-refractivity contribution is 0.638. The molecule has 106 valence electrons. The number of rotatable bonds is 3. The number of hydrogen-bond acceptors (Lipinski definition) is 0. The van der Waals surface area contributed by atoms with Crippen LogP contribution < -0.4 is 0 Å². The van der Waals surface area contributed by atoms with E-state index in [0.717, 1.165) is 10.9 Å². The Morgan fingerprint density at radius 2 is 1.43 bits per heavy atom. The van der Waals surface area contributed by atoms with Gasteiger partial charge in [0.15, 0.2) is 0 Å². The summed E-state index contributed by atoms with van der Waals surface area (Å²) in [6, 6.07) is 21.5. The van der Waals surface area contributed by atoms with Crippen molar-refractivity contribution in [2.24, 2.45) is 0 Å². The van der Waals surface area contributed by atoms with E-state index in [2.05, 4.69) is 35.0 Å². The summed E-state index contributed by atoms with van der Waals surface area (Å²) in [4.78, 5) is 0.144. The Morgan fingerprint density at radius 3 is 2.14 bits per heavy atom. The molecule has 3 aromatic rings. The van der Waals surface area contributed by atoms with Crippen molar-refractivity contribution in [1.82, 2.24) is 0 Å². The fourth-order valence-electron chi connectivity index (χ4n) is 2.72. The molecule has 0 aliphatic heterocycles. The van der Waals surface area contributed by atoms with Crippen LogP contribution in [0, 0.1) is 5.82 Å². The Bertz CT molecular complexity index is 752. The predicted molar refractivity (Wildman–Crippen MR) is 90.4 cm³/mol. The lowest BCUT2D eigenvalue weighted by atomic mass is 9.91. The second kappa shape index (κ2) is 5.98. The van der Waals surface area contributed by atoms with Crippen LogP contribution in [0.1, 0.15) is 28.8 Å². The van der Waals surface area contributed by atoms with E-state index in [1.807, 2.05) is 48.5 Å². The molecule has 0 radical (unpaired) electrons. The van der Waals surface area contributed by atoms with Crippen molar-refractivity contribution < 1.29 is 4.39 Å². The summed E-state index contributed by atoms with van der Waals surface area (Å²) >= 11 is 3.81. The van der Waals surface area contributed by atoms with Crippen molar-refractivity contribution >= 4 is 26.7 Å². The lowest BCUT2D eigenvalue weighted by Crippen LogP contribution is -2.03. The highest BCUT2D eigenvalue weighted by Gasteiger charge is 2.20. The molecule has 0 heterocycles. The first-order valence-electron chi connectivity index (χ1n) is 7.04. The van der Waals surface area contributed by atoms with Gasteiger partial charge in [0.1, 0.15) is 5.82 Å². The molecular formula is C19H16BrF. The topological polar surface area (TPSA) is 0 Å². The van der Waals surface area contributed by atoms with Gasteiger partial charge < -0.3 is 0 Å². The second-order valence-electron chi connectivity index (χ2n) is 5.28.